The van der Waals surface area contributed by atoms with Gasteiger partial charge in [0, 0.05) is 11.4 Å². The molecule has 0 spiro atoms. The number of nitrogens with one attached hydrogen (secondary N) is 1. The second kappa shape index (κ2) is 5.33. The Bertz CT molecular complexity index is 680. The van der Waals surface area contributed by atoms with Crippen LogP contribution in [0.5, 0.6) is 0 Å². The maximum Gasteiger partial charge on any atom is 0.258 e. The van der Waals surface area contributed by atoms with Crippen LogP contribution in [0.4, 0.5) is 15.8 Å². The van der Waals surface area contributed by atoms with E-state index in [2.05, 4.69) is 5.32 Å². The standard InChI is InChI=1S/C16H17FN2O/c1-9-4-5-13(7-10(9)2)19-16(20)14-8-12(18)6-11(3)15(14)17/h4-8H,18H2,1-3H3,(H,19,20). The first kappa shape index (κ1) is 14.1. The molecule has 0 fully saturated rings. The first-order chi connectivity index (χ1) is 9.38. The minimum atomic E-state index is -0.541. The molecule has 3 N–H and O–H groups in total. The molecule has 104 valence electrons. The van der Waals surface area contributed by atoms with E-state index < -0.39 is 11.7 Å². The van der Waals surface area contributed by atoms with Crippen molar-refractivity contribution < 1.29 is 9.18 Å². The third-order valence-corrected chi connectivity index (χ3v) is 3.29. The monoisotopic (exact) mass is 272 g/mol. The summed E-state index contributed by atoms with van der Waals surface area (Å²) in [7, 11) is 0. The molecule has 0 radical (unpaired) electrons. The number of halogens is 1. The summed E-state index contributed by atoms with van der Waals surface area (Å²) < 4.78 is 14.0. The second-order valence-electron chi connectivity index (χ2n) is 4.95. The molecular weight excluding hydrogens is 255 g/mol. The van der Waals surface area contributed by atoms with Crippen LogP contribution in [0, 0.1) is 26.6 Å². The summed E-state index contributed by atoms with van der Waals surface area (Å²) in [5.41, 5.74) is 9.17. The van der Waals surface area contributed by atoms with Crippen molar-refractivity contribution in [3.63, 3.8) is 0 Å². The zero-order valence-corrected chi connectivity index (χ0v) is 11.8. The van der Waals surface area contributed by atoms with Crippen LogP contribution in [-0.4, -0.2) is 5.91 Å². The Labute approximate surface area is 117 Å². The van der Waals surface area contributed by atoms with Crippen LogP contribution in [0.3, 0.4) is 0 Å². The van der Waals surface area contributed by atoms with E-state index in [9.17, 15) is 9.18 Å². The Kier molecular flexibility index (Phi) is 3.74. The normalized spacial score (nSPS) is 10.4. The van der Waals surface area contributed by atoms with E-state index in [0.717, 1.165) is 11.1 Å². The van der Waals surface area contributed by atoms with Crippen LogP contribution < -0.4 is 11.1 Å². The summed E-state index contributed by atoms with van der Waals surface area (Å²) >= 11 is 0. The fourth-order valence-electron chi connectivity index (χ4n) is 1.98. The number of aryl methyl sites for hydroxylation is 3. The van der Waals surface area contributed by atoms with Crippen molar-refractivity contribution in [2.24, 2.45) is 0 Å². The van der Waals surface area contributed by atoms with Gasteiger partial charge in [-0.15, -0.1) is 0 Å². The summed E-state index contributed by atoms with van der Waals surface area (Å²) in [4.78, 5) is 12.1. The lowest BCUT2D eigenvalue weighted by atomic mass is 10.1. The average molecular weight is 272 g/mol. The van der Waals surface area contributed by atoms with Gasteiger partial charge in [-0.1, -0.05) is 6.07 Å². The van der Waals surface area contributed by atoms with Crippen LogP contribution >= 0.6 is 0 Å². The molecule has 3 nitrogen and oxygen atoms in total. The van der Waals surface area contributed by atoms with E-state index in [0.29, 0.717) is 16.9 Å². The maximum absolute atomic E-state index is 14.0. The summed E-state index contributed by atoms with van der Waals surface area (Å²) in [6.45, 7) is 5.52. The molecule has 2 aromatic rings. The van der Waals surface area contributed by atoms with E-state index in [1.165, 1.54) is 12.1 Å². The van der Waals surface area contributed by atoms with E-state index >= 15 is 0 Å². The highest BCUT2D eigenvalue weighted by Crippen LogP contribution is 2.20. The Hall–Kier alpha value is -2.36. The SMILES string of the molecule is Cc1ccc(NC(=O)c2cc(N)cc(C)c2F)cc1C. The predicted molar refractivity (Wildman–Crippen MR) is 79.4 cm³/mol. The molecule has 0 aromatic heterocycles. The summed E-state index contributed by atoms with van der Waals surface area (Å²) in [6, 6.07) is 8.40. The van der Waals surface area contributed by atoms with Crippen molar-refractivity contribution in [3.05, 3.63) is 58.4 Å². The molecular formula is C16H17FN2O. The third kappa shape index (κ3) is 2.79. The lowest BCUT2D eigenvalue weighted by Gasteiger charge is -2.10. The quantitative estimate of drug-likeness (QED) is 0.821. The second-order valence-corrected chi connectivity index (χ2v) is 4.95. The molecule has 0 bridgehead atoms. The molecule has 1 amide bonds. The Morgan fingerprint density at radius 3 is 2.40 bits per heavy atom. The minimum Gasteiger partial charge on any atom is -0.399 e. The Morgan fingerprint density at radius 1 is 1.05 bits per heavy atom. The highest BCUT2D eigenvalue weighted by atomic mass is 19.1. The fraction of sp³-hybridized carbons (Fsp3) is 0.188. The number of benzene rings is 2. The van der Waals surface area contributed by atoms with Gasteiger partial charge in [0.05, 0.1) is 5.56 Å². The molecule has 0 saturated carbocycles. The van der Waals surface area contributed by atoms with Crippen molar-refractivity contribution >= 4 is 17.3 Å². The first-order valence-electron chi connectivity index (χ1n) is 6.32. The molecule has 4 heteroatoms. The maximum atomic E-state index is 14.0. The molecule has 0 aliphatic heterocycles. The van der Waals surface area contributed by atoms with Gasteiger partial charge < -0.3 is 11.1 Å². The summed E-state index contributed by atoms with van der Waals surface area (Å²) in [6.07, 6.45) is 0. The summed E-state index contributed by atoms with van der Waals surface area (Å²) in [5, 5.41) is 2.69. The van der Waals surface area contributed by atoms with Gasteiger partial charge in [-0.25, -0.2) is 4.39 Å². The smallest absolute Gasteiger partial charge is 0.258 e. The Morgan fingerprint density at radius 2 is 1.75 bits per heavy atom. The lowest BCUT2D eigenvalue weighted by molar-refractivity contribution is 0.102. The van der Waals surface area contributed by atoms with Crippen molar-refractivity contribution in [2.75, 3.05) is 11.1 Å². The number of hydrogen-bond acceptors (Lipinski definition) is 2. The van der Waals surface area contributed by atoms with Crippen LogP contribution in [0.25, 0.3) is 0 Å². The number of carbonyl (C=O) groups excluding carboxylic acids is 1. The number of anilines is 2. The highest BCUT2D eigenvalue weighted by molar-refractivity contribution is 6.05. The van der Waals surface area contributed by atoms with Crippen LogP contribution in [0.2, 0.25) is 0 Å². The molecule has 0 heterocycles. The van der Waals surface area contributed by atoms with E-state index in [1.54, 1.807) is 13.0 Å². The number of amides is 1. The lowest BCUT2D eigenvalue weighted by Crippen LogP contribution is -2.15. The van der Waals surface area contributed by atoms with Crippen LogP contribution in [-0.2, 0) is 0 Å². The first-order valence-corrected chi connectivity index (χ1v) is 6.32. The number of nitrogens with two attached hydrogens (primary N) is 1. The van der Waals surface area contributed by atoms with Crippen molar-refractivity contribution in [3.8, 4) is 0 Å². The van der Waals surface area contributed by atoms with E-state index in [-0.39, 0.29) is 5.56 Å². The average Bonchev–Trinajstić information content (AvgIpc) is 2.38. The van der Waals surface area contributed by atoms with Crippen molar-refractivity contribution in [2.45, 2.75) is 20.8 Å². The number of rotatable bonds is 2. The number of carbonyl (C=O) groups is 1. The van der Waals surface area contributed by atoms with Crippen molar-refractivity contribution in [1.29, 1.82) is 0 Å². The van der Waals surface area contributed by atoms with Gasteiger partial charge in [0.1, 0.15) is 5.82 Å². The van der Waals surface area contributed by atoms with Gasteiger partial charge in [0.15, 0.2) is 0 Å². The van der Waals surface area contributed by atoms with Gasteiger partial charge in [-0.3, -0.25) is 4.79 Å². The molecule has 0 aliphatic rings. The van der Waals surface area contributed by atoms with E-state index in [4.69, 9.17) is 5.73 Å². The largest absolute Gasteiger partial charge is 0.399 e. The molecule has 0 aliphatic carbocycles. The van der Waals surface area contributed by atoms with Gasteiger partial charge in [0.25, 0.3) is 5.91 Å². The molecule has 0 atom stereocenters. The zero-order valence-electron chi connectivity index (χ0n) is 11.8. The molecule has 0 unspecified atom stereocenters. The Balaban J connectivity index is 2.30. The van der Waals surface area contributed by atoms with Gasteiger partial charge in [-0.2, -0.15) is 0 Å². The van der Waals surface area contributed by atoms with Gasteiger partial charge in [-0.05, 0) is 61.7 Å². The van der Waals surface area contributed by atoms with Crippen LogP contribution in [0.1, 0.15) is 27.0 Å². The fourth-order valence-corrected chi connectivity index (χ4v) is 1.98. The van der Waals surface area contributed by atoms with Crippen molar-refractivity contribution in [1.82, 2.24) is 0 Å². The van der Waals surface area contributed by atoms with Crippen LogP contribution in [0.15, 0.2) is 30.3 Å². The van der Waals surface area contributed by atoms with Gasteiger partial charge in [0.2, 0.25) is 0 Å². The van der Waals surface area contributed by atoms with Gasteiger partial charge >= 0.3 is 0 Å². The highest BCUT2D eigenvalue weighted by Gasteiger charge is 2.15. The third-order valence-electron chi connectivity index (χ3n) is 3.29. The molecule has 2 rings (SSSR count). The number of hydrogen-bond donors (Lipinski definition) is 2. The predicted octanol–water partition coefficient (Wildman–Crippen LogP) is 3.59. The topological polar surface area (TPSA) is 55.1 Å². The summed E-state index contributed by atoms with van der Waals surface area (Å²) in [5.74, 6) is -1.04. The van der Waals surface area contributed by atoms with E-state index in [1.807, 2.05) is 26.0 Å². The molecule has 0 saturated heterocycles. The molecule has 20 heavy (non-hydrogen) atoms. The number of nitrogen functional groups attached to an aromatic ring is 1. The molecule has 2 aromatic carbocycles. The zero-order chi connectivity index (χ0) is 14.9. The minimum absolute atomic E-state index is 0.0410.